The van der Waals surface area contributed by atoms with Crippen LogP contribution in [0.5, 0.6) is 0 Å². The molecule has 0 radical (unpaired) electrons. The van der Waals surface area contributed by atoms with Crippen LogP contribution in [0.15, 0.2) is 49.6 Å². The molecular formula is C18H16Br2N2O2S2. The number of aryl methyl sites for hydroxylation is 3. The fraction of sp³-hybridized carbons (Fsp3) is 0.167. The predicted molar refractivity (Wildman–Crippen MR) is 114 cm³/mol. The molecule has 136 valence electrons. The second kappa shape index (κ2) is 7.42. The molecule has 1 N–H and O–H groups in total. The number of thiazole rings is 1. The normalized spacial score (nSPS) is 11.6. The van der Waals surface area contributed by atoms with Crippen LogP contribution in [0.2, 0.25) is 0 Å². The van der Waals surface area contributed by atoms with E-state index in [-0.39, 0.29) is 4.90 Å². The summed E-state index contributed by atoms with van der Waals surface area (Å²) < 4.78 is 29.2. The molecule has 0 aliphatic heterocycles. The van der Waals surface area contributed by atoms with Gasteiger partial charge in [0.2, 0.25) is 0 Å². The van der Waals surface area contributed by atoms with Gasteiger partial charge < -0.3 is 0 Å². The number of nitrogens with zero attached hydrogens (tertiary/aromatic N) is 1. The third kappa shape index (κ3) is 4.03. The second-order valence-electron chi connectivity index (χ2n) is 5.99. The topological polar surface area (TPSA) is 59.1 Å². The molecule has 0 spiro atoms. The van der Waals surface area contributed by atoms with Crippen LogP contribution in [0.4, 0.5) is 5.13 Å². The van der Waals surface area contributed by atoms with Gasteiger partial charge in [0.25, 0.3) is 10.0 Å². The van der Waals surface area contributed by atoms with Crippen LogP contribution < -0.4 is 4.72 Å². The third-order valence-corrected chi connectivity index (χ3v) is 7.55. The first-order chi connectivity index (χ1) is 12.2. The van der Waals surface area contributed by atoms with Crippen molar-refractivity contribution in [1.29, 1.82) is 0 Å². The maximum atomic E-state index is 12.7. The molecule has 3 aromatic rings. The summed E-state index contributed by atoms with van der Waals surface area (Å²) in [6, 6.07) is 9.21. The Morgan fingerprint density at radius 2 is 1.69 bits per heavy atom. The number of anilines is 1. The summed E-state index contributed by atoms with van der Waals surface area (Å²) in [4.78, 5) is 4.65. The van der Waals surface area contributed by atoms with Crippen LogP contribution in [0.1, 0.15) is 16.7 Å². The van der Waals surface area contributed by atoms with E-state index in [2.05, 4.69) is 60.6 Å². The van der Waals surface area contributed by atoms with Gasteiger partial charge in [0.05, 0.1) is 5.69 Å². The molecule has 0 fully saturated rings. The number of benzene rings is 2. The van der Waals surface area contributed by atoms with Crippen molar-refractivity contribution in [3.63, 3.8) is 0 Å². The van der Waals surface area contributed by atoms with Crippen molar-refractivity contribution in [2.45, 2.75) is 25.7 Å². The van der Waals surface area contributed by atoms with Gasteiger partial charge in [-0.3, -0.25) is 4.72 Å². The standard InChI is InChI=1S/C18H16Br2N2O2S2/c1-10-6-11(2)17(12(3)7-10)15-9-25-18(21-15)22-26(23,24)16-8-13(19)4-5-14(16)20/h4-9H,1-3H3,(H,21,22). The quantitative estimate of drug-likeness (QED) is 0.459. The second-order valence-corrected chi connectivity index (χ2v) is 10.3. The molecule has 0 unspecified atom stereocenters. The monoisotopic (exact) mass is 514 g/mol. The lowest BCUT2D eigenvalue weighted by Gasteiger charge is -2.09. The van der Waals surface area contributed by atoms with E-state index in [0.717, 1.165) is 22.4 Å². The van der Waals surface area contributed by atoms with E-state index < -0.39 is 10.0 Å². The summed E-state index contributed by atoms with van der Waals surface area (Å²) in [7, 11) is -3.74. The summed E-state index contributed by atoms with van der Waals surface area (Å²) in [5.41, 5.74) is 5.25. The van der Waals surface area contributed by atoms with Crippen LogP contribution in [-0.2, 0) is 10.0 Å². The Bertz CT molecular complexity index is 1070. The zero-order valence-electron chi connectivity index (χ0n) is 14.3. The number of halogens is 2. The van der Waals surface area contributed by atoms with Crippen molar-refractivity contribution < 1.29 is 8.42 Å². The van der Waals surface area contributed by atoms with Gasteiger partial charge in [-0.1, -0.05) is 33.6 Å². The number of aromatic nitrogens is 1. The molecule has 0 aliphatic rings. The van der Waals surface area contributed by atoms with Crippen LogP contribution in [0.25, 0.3) is 11.3 Å². The molecule has 26 heavy (non-hydrogen) atoms. The average Bonchev–Trinajstić information content (AvgIpc) is 2.95. The molecule has 0 atom stereocenters. The van der Waals surface area contributed by atoms with Gasteiger partial charge >= 0.3 is 0 Å². The molecule has 4 nitrogen and oxygen atoms in total. The smallest absolute Gasteiger partial charge is 0.255 e. The zero-order valence-corrected chi connectivity index (χ0v) is 19.1. The highest BCUT2D eigenvalue weighted by atomic mass is 79.9. The lowest BCUT2D eigenvalue weighted by atomic mass is 9.98. The van der Waals surface area contributed by atoms with Crippen molar-refractivity contribution in [1.82, 2.24) is 4.98 Å². The van der Waals surface area contributed by atoms with Crippen molar-refractivity contribution >= 4 is 58.4 Å². The SMILES string of the molecule is Cc1cc(C)c(-c2csc(NS(=O)(=O)c3cc(Br)ccc3Br)n2)c(C)c1. The Balaban J connectivity index is 1.95. The number of hydrogen-bond acceptors (Lipinski definition) is 4. The van der Waals surface area contributed by atoms with Gasteiger partial charge in [-0.25, -0.2) is 13.4 Å². The van der Waals surface area contributed by atoms with Gasteiger partial charge in [-0.05, 0) is 66.0 Å². The Morgan fingerprint density at radius 1 is 1.04 bits per heavy atom. The van der Waals surface area contributed by atoms with E-state index in [4.69, 9.17) is 0 Å². The summed E-state index contributed by atoms with van der Waals surface area (Å²) in [5, 5.41) is 2.21. The van der Waals surface area contributed by atoms with Crippen LogP contribution >= 0.6 is 43.2 Å². The van der Waals surface area contributed by atoms with Gasteiger partial charge in [0.15, 0.2) is 5.13 Å². The van der Waals surface area contributed by atoms with E-state index in [1.807, 2.05) is 19.2 Å². The van der Waals surface area contributed by atoms with Crippen molar-refractivity contribution in [2.24, 2.45) is 0 Å². The Kier molecular flexibility index (Phi) is 5.58. The summed E-state index contributed by atoms with van der Waals surface area (Å²) >= 11 is 7.86. The average molecular weight is 516 g/mol. The van der Waals surface area contributed by atoms with Gasteiger partial charge in [-0.15, -0.1) is 11.3 Å². The number of sulfonamides is 1. The number of nitrogens with one attached hydrogen (secondary N) is 1. The van der Waals surface area contributed by atoms with E-state index in [0.29, 0.717) is 14.1 Å². The molecule has 3 rings (SSSR count). The van der Waals surface area contributed by atoms with E-state index in [9.17, 15) is 8.42 Å². The largest absolute Gasteiger partial charge is 0.264 e. The van der Waals surface area contributed by atoms with Gasteiger partial charge in [-0.2, -0.15) is 0 Å². The Labute approximate surface area is 174 Å². The summed E-state index contributed by atoms with van der Waals surface area (Å²) in [6.45, 7) is 6.13. The highest BCUT2D eigenvalue weighted by Crippen LogP contribution is 2.33. The summed E-state index contributed by atoms with van der Waals surface area (Å²) in [5.74, 6) is 0. The van der Waals surface area contributed by atoms with E-state index >= 15 is 0 Å². The molecule has 1 aromatic heterocycles. The number of rotatable bonds is 4. The summed E-state index contributed by atoms with van der Waals surface area (Å²) in [6.07, 6.45) is 0. The molecule has 1 heterocycles. The fourth-order valence-corrected chi connectivity index (χ4v) is 6.33. The molecule has 0 saturated heterocycles. The Hall–Kier alpha value is -1.22. The minimum atomic E-state index is -3.74. The maximum absolute atomic E-state index is 12.7. The molecule has 0 saturated carbocycles. The molecule has 2 aromatic carbocycles. The van der Waals surface area contributed by atoms with Crippen LogP contribution in [0, 0.1) is 20.8 Å². The van der Waals surface area contributed by atoms with E-state index in [1.54, 1.807) is 18.2 Å². The predicted octanol–water partition coefficient (Wildman–Crippen LogP) is 6.06. The van der Waals surface area contributed by atoms with Crippen LogP contribution in [-0.4, -0.2) is 13.4 Å². The first-order valence-corrected chi connectivity index (χ1v) is 11.6. The van der Waals surface area contributed by atoms with Gasteiger partial charge in [0, 0.05) is 19.9 Å². The molecule has 8 heteroatoms. The minimum Gasteiger partial charge on any atom is -0.255 e. The lowest BCUT2D eigenvalue weighted by molar-refractivity contribution is 0.600. The molecule has 0 aliphatic carbocycles. The van der Waals surface area contributed by atoms with Crippen molar-refractivity contribution in [2.75, 3.05) is 4.72 Å². The Morgan fingerprint density at radius 3 is 2.35 bits per heavy atom. The van der Waals surface area contributed by atoms with Gasteiger partial charge in [0.1, 0.15) is 4.90 Å². The first kappa shape index (κ1) is 19.5. The van der Waals surface area contributed by atoms with Crippen molar-refractivity contribution in [3.8, 4) is 11.3 Å². The number of hydrogen-bond donors (Lipinski definition) is 1. The fourth-order valence-electron chi connectivity index (χ4n) is 2.87. The van der Waals surface area contributed by atoms with Crippen molar-refractivity contribution in [3.05, 3.63) is 61.3 Å². The minimum absolute atomic E-state index is 0.159. The maximum Gasteiger partial charge on any atom is 0.264 e. The molecular weight excluding hydrogens is 500 g/mol. The first-order valence-electron chi connectivity index (χ1n) is 7.69. The third-order valence-electron chi connectivity index (χ3n) is 3.84. The highest BCUT2D eigenvalue weighted by Gasteiger charge is 2.20. The van der Waals surface area contributed by atoms with Crippen LogP contribution in [0.3, 0.4) is 0 Å². The lowest BCUT2D eigenvalue weighted by Crippen LogP contribution is -2.13. The zero-order chi connectivity index (χ0) is 19.1. The van der Waals surface area contributed by atoms with E-state index in [1.165, 1.54) is 16.9 Å². The molecule has 0 bridgehead atoms. The molecule has 0 amide bonds. The highest BCUT2D eigenvalue weighted by molar-refractivity contribution is 9.11.